The molecule has 0 amide bonds. The molecule has 0 spiro atoms. The van der Waals surface area contributed by atoms with Gasteiger partial charge < -0.3 is 14.8 Å². The second-order valence-electron chi connectivity index (χ2n) is 4.49. The Morgan fingerprint density at radius 1 is 1.17 bits per heavy atom. The van der Waals surface area contributed by atoms with Gasteiger partial charge >= 0.3 is 0 Å². The first kappa shape index (κ1) is 12.9. The first-order chi connectivity index (χ1) is 8.75. The number of benzene rings is 1. The van der Waals surface area contributed by atoms with E-state index in [0.29, 0.717) is 13.0 Å². The summed E-state index contributed by atoms with van der Waals surface area (Å²) in [5.74, 6) is 0.891. The molecule has 96 valence electrons. The molecule has 0 radical (unpaired) electrons. The van der Waals surface area contributed by atoms with Gasteiger partial charge in [0.25, 0.3) is 0 Å². The van der Waals surface area contributed by atoms with Crippen molar-refractivity contribution in [3.8, 4) is 0 Å². The summed E-state index contributed by atoms with van der Waals surface area (Å²) in [6.07, 6.45) is 1.94. The van der Waals surface area contributed by atoms with E-state index in [1.165, 1.54) is 0 Å². The summed E-state index contributed by atoms with van der Waals surface area (Å²) in [5, 5.41) is 13.2. The van der Waals surface area contributed by atoms with E-state index in [2.05, 4.69) is 5.32 Å². The molecule has 0 bridgehead atoms. The molecule has 2 atom stereocenters. The van der Waals surface area contributed by atoms with Crippen LogP contribution in [0.4, 0.5) is 0 Å². The van der Waals surface area contributed by atoms with Crippen LogP contribution in [-0.2, 0) is 6.42 Å². The number of hydrogen-bond donors (Lipinski definition) is 2. The minimum absolute atomic E-state index is 0.116. The van der Waals surface area contributed by atoms with Crippen LogP contribution in [0.3, 0.4) is 0 Å². The van der Waals surface area contributed by atoms with E-state index in [0.717, 1.165) is 11.3 Å². The Bertz CT molecular complexity index is 439. The maximum atomic E-state index is 9.96. The smallest absolute Gasteiger partial charge is 0.120 e. The predicted molar refractivity (Wildman–Crippen MR) is 71.3 cm³/mol. The van der Waals surface area contributed by atoms with Gasteiger partial charge in [-0.3, -0.25) is 0 Å². The van der Waals surface area contributed by atoms with Crippen LogP contribution in [0.5, 0.6) is 0 Å². The van der Waals surface area contributed by atoms with Gasteiger partial charge in [-0.05, 0) is 31.0 Å². The number of aliphatic hydroxyl groups is 1. The molecule has 2 rings (SSSR count). The fraction of sp³-hybridized carbons (Fsp3) is 0.333. The van der Waals surface area contributed by atoms with E-state index in [-0.39, 0.29) is 12.1 Å². The standard InChI is InChI=1S/C15H19NO2/c1-12(15-8-5-9-18-15)16-11-14(17)10-13-6-3-2-4-7-13/h2-9,12,14,16-17H,10-11H2,1H3. The molecule has 0 saturated heterocycles. The normalized spacial score (nSPS) is 14.3. The minimum Gasteiger partial charge on any atom is -0.468 e. The summed E-state index contributed by atoms with van der Waals surface area (Å²) in [7, 11) is 0. The molecule has 0 fully saturated rings. The molecule has 2 N–H and O–H groups in total. The van der Waals surface area contributed by atoms with Crippen LogP contribution in [-0.4, -0.2) is 17.8 Å². The van der Waals surface area contributed by atoms with Gasteiger partial charge in [0.2, 0.25) is 0 Å². The Balaban J connectivity index is 1.77. The Labute approximate surface area is 107 Å². The van der Waals surface area contributed by atoms with E-state index >= 15 is 0 Å². The monoisotopic (exact) mass is 245 g/mol. The van der Waals surface area contributed by atoms with Gasteiger partial charge in [0.1, 0.15) is 5.76 Å². The molecule has 2 aromatic rings. The van der Waals surface area contributed by atoms with Gasteiger partial charge in [0.05, 0.1) is 18.4 Å². The van der Waals surface area contributed by atoms with Crippen LogP contribution in [0.2, 0.25) is 0 Å². The first-order valence-corrected chi connectivity index (χ1v) is 6.24. The Morgan fingerprint density at radius 2 is 1.94 bits per heavy atom. The van der Waals surface area contributed by atoms with Crippen molar-refractivity contribution in [2.24, 2.45) is 0 Å². The molecule has 1 aromatic heterocycles. The number of hydrogen-bond acceptors (Lipinski definition) is 3. The topological polar surface area (TPSA) is 45.4 Å². The van der Waals surface area contributed by atoms with Crippen molar-refractivity contribution in [1.29, 1.82) is 0 Å². The van der Waals surface area contributed by atoms with Crippen LogP contribution in [0.15, 0.2) is 53.1 Å². The molecule has 18 heavy (non-hydrogen) atoms. The zero-order chi connectivity index (χ0) is 12.8. The molecule has 3 heteroatoms. The van der Waals surface area contributed by atoms with Crippen molar-refractivity contribution in [3.63, 3.8) is 0 Å². The highest BCUT2D eigenvalue weighted by molar-refractivity contribution is 5.15. The van der Waals surface area contributed by atoms with Crippen LogP contribution in [0.25, 0.3) is 0 Å². The molecule has 3 nitrogen and oxygen atoms in total. The lowest BCUT2D eigenvalue weighted by molar-refractivity contribution is 0.166. The van der Waals surface area contributed by atoms with E-state index < -0.39 is 0 Å². The van der Waals surface area contributed by atoms with Gasteiger partial charge in [0, 0.05) is 6.54 Å². The summed E-state index contributed by atoms with van der Waals surface area (Å²) in [6, 6.07) is 13.9. The quantitative estimate of drug-likeness (QED) is 0.822. The molecule has 1 aromatic carbocycles. The van der Waals surface area contributed by atoms with Crippen LogP contribution in [0.1, 0.15) is 24.3 Å². The molecular weight excluding hydrogens is 226 g/mol. The minimum atomic E-state index is -0.384. The lowest BCUT2D eigenvalue weighted by Crippen LogP contribution is -2.30. The molecule has 2 unspecified atom stereocenters. The van der Waals surface area contributed by atoms with Gasteiger partial charge in [0.15, 0.2) is 0 Å². The maximum Gasteiger partial charge on any atom is 0.120 e. The van der Waals surface area contributed by atoms with E-state index in [1.807, 2.05) is 49.4 Å². The molecule has 0 aliphatic heterocycles. The summed E-state index contributed by atoms with van der Waals surface area (Å²) >= 11 is 0. The number of aliphatic hydroxyl groups excluding tert-OH is 1. The number of rotatable bonds is 6. The Hall–Kier alpha value is -1.58. The van der Waals surface area contributed by atoms with Crippen molar-refractivity contribution >= 4 is 0 Å². The fourth-order valence-electron chi connectivity index (χ4n) is 1.91. The third-order valence-corrected chi connectivity index (χ3v) is 2.94. The highest BCUT2D eigenvalue weighted by Gasteiger charge is 2.10. The van der Waals surface area contributed by atoms with E-state index in [4.69, 9.17) is 4.42 Å². The molecule has 0 aliphatic carbocycles. The zero-order valence-corrected chi connectivity index (χ0v) is 10.5. The molecule has 0 saturated carbocycles. The van der Waals surface area contributed by atoms with Gasteiger partial charge in [-0.1, -0.05) is 30.3 Å². The highest BCUT2D eigenvalue weighted by Crippen LogP contribution is 2.12. The highest BCUT2D eigenvalue weighted by atomic mass is 16.3. The lowest BCUT2D eigenvalue weighted by Gasteiger charge is -2.15. The van der Waals surface area contributed by atoms with Crippen molar-refractivity contribution in [1.82, 2.24) is 5.32 Å². The second-order valence-corrected chi connectivity index (χ2v) is 4.49. The SMILES string of the molecule is CC(NCC(O)Cc1ccccc1)c1ccco1. The van der Waals surface area contributed by atoms with Crippen LogP contribution < -0.4 is 5.32 Å². The fourth-order valence-corrected chi connectivity index (χ4v) is 1.91. The number of nitrogens with one attached hydrogen (secondary N) is 1. The van der Waals surface area contributed by atoms with Gasteiger partial charge in [-0.25, -0.2) is 0 Å². The van der Waals surface area contributed by atoms with Gasteiger partial charge in [-0.2, -0.15) is 0 Å². The molecular formula is C15H19NO2. The Morgan fingerprint density at radius 3 is 2.61 bits per heavy atom. The average molecular weight is 245 g/mol. The molecule has 1 heterocycles. The summed E-state index contributed by atoms with van der Waals surface area (Å²) in [5.41, 5.74) is 1.15. The molecule has 0 aliphatic rings. The largest absolute Gasteiger partial charge is 0.468 e. The van der Waals surface area contributed by atoms with E-state index in [1.54, 1.807) is 6.26 Å². The Kier molecular flexibility index (Phi) is 4.56. The maximum absolute atomic E-state index is 9.96. The third kappa shape index (κ3) is 3.72. The zero-order valence-electron chi connectivity index (χ0n) is 10.5. The summed E-state index contributed by atoms with van der Waals surface area (Å²) < 4.78 is 5.30. The lowest BCUT2D eigenvalue weighted by atomic mass is 10.1. The first-order valence-electron chi connectivity index (χ1n) is 6.24. The van der Waals surface area contributed by atoms with Crippen molar-refractivity contribution in [3.05, 3.63) is 60.1 Å². The van der Waals surface area contributed by atoms with E-state index in [9.17, 15) is 5.11 Å². The second kappa shape index (κ2) is 6.38. The van der Waals surface area contributed by atoms with Crippen molar-refractivity contribution in [2.75, 3.05) is 6.54 Å². The average Bonchev–Trinajstić information content (AvgIpc) is 2.91. The third-order valence-electron chi connectivity index (χ3n) is 2.94. The van der Waals surface area contributed by atoms with Crippen LogP contribution in [0, 0.1) is 0 Å². The van der Waals surface area contributed by atoms with Crippen molar-refractivity contribution < 1.29 is 9.52 Å². The van der Waals surface area contributed by atoms with Gasteiger partial charge in [-0.15, -0.1) is 0 Å². The number of furan rings is 1. The summed E-state index contributed by atoms with van der Waals surface area (Å²) in [4.78, 5) is 0. The summed E-state index contributed by atoms with van der Waals surface area (Å²) in [6.45, 7) is 2.57. The van der Waals surface area contributed by atoms with Crippen LogP contribution >= 0.6 is 0 Å². The van der Waals surface area contributed by atoms with Crippen molar-refractivity contribution in [2.45, 2.75) is 25.5 Å². The predicted octanol–water partition coefficient (Wildman–Crippen LogP) is 2.53.